The fourth-order valence-corrected chi connectivity index (χ4v) is 5.53. The third-order valence-electron chi connectivity index (χ3n) is 7.26. The molecule has 0 bridgehead atoms. The highest BCUT2D eigenvalue weighted by molar-refractivity contribution is 6.31. The molecule has 4 nitrogen and oxygen atoms in total. The lowest BCUT2D eigenvalue weighted by Crippen LogP contribution is -2.31. The molecule has 5 aromatic rings. The molecule has 1 heterocycles. The summed E-state index contributed by atoms with van der Waals surface area (Å²) in [5.74, 6) is -0.151. The number of halogens is 4. The lowest BCUT2D eigenvalue weighted by molar-refractivity contribution is -0.138. The van der Waals surface area contributed by atoms with E-state index in [1.54, 1.807) is 12.1 Å². The van der Waals surface area contributed by atoms with Crippen LogP contribution in [0.5, 0.6) is 0 Å². The number of hydrogen-bond acceptors (Lipinski definition) is 3. The van der Waals surface area contributed by atoms with Crippen LogP contribution in [0.4, 0.5) is 13.2 Å². The Bertz CT molecular complexity index is 1610. The van der Waals surface area contributed by atoms with Crippen LogP contribution in [0.1, 0.15) is 39.5 Å². The summed E-state index contributed by atoms with van der Waals surface area (Å²) in [6.45, 7) is 1.56. The average Bonchev–Trinajstić information content (AvgIpc) is 3.36. The van der Waals surface area contributed by atoms with Gasteiger partial charge in [-0.15, -0.1) is 0 Å². The van der Waals surface area contributed by atoms with Crippen molar-refractivity contribution >= 4 is 28.5 Å². The molecule has 0 radical (unpaired) electrons. The predicted octanol–water partition coefficient (Wildman–Crippen LogP) is 8.61. The number of rotatable bonds is 11. The van der Waals surface area contributed by atoms with E-state index in [0.717, 1.165) is 28.3 Å². The van der Waals surface area contributed by atoms with E-state index < -0.39 is 17.7 Å². The van der Waals surface area contributed by atoms with Gasteiger partial charge in [-0.1, -0.05) is 90.5 Å². The third kappa shape index (κ3) is 7.41. The first-order chi connectivity index (χ1) is 20.2. The van der Waals surface area contributed by atoms with Crippen molar-refractivity contribution < 1.29 is 27.5 Å². The van der Waals surface area contributed by atoms with Gasteiger partial charge >= 0.3 is 12.1 Å². The van der Waals surface area contributed by atoms with Crippen molar-refractivity contribution in [2.75, 3.05) is 13.1 Å². The zero-order valence-corrected chi connectivity index (χ0v) is 23.4. The van der Waals surface area contributed by atoms with E-state index >= 15 is 0 Å². The zero-order valence-electron chi connectivity index (χ0n) is 22.7. The largest absolute Gasteiger partial charge is 0.481 e. The van der Waals surface area contributed by atoms with Crippen LogP contribution in [0.15, 0.2) is 108 Å². The number of alkyl halides is 3. The number of furan rings is 1. The van der Waals surface area contributed by atoms with Gasteiger partial charge in [0.1, 0.15) is 11.3 Å². The van der Waals surface area contributed by atoms with Crippen molar-refractivity contribution in [3.63, 3.8) is 0 Å². The van der Waals surface area contributed by atoms with E-state index in [2.05, 4.69) is 29.2 Å². The van der Waals surface area contributed by atoms with Gasteiger partial charge in [0.2, 0.25) is 0 Å². The predicted molar refractivity (Wildman–Crippen MR) is 158 cm³/mol. The maximum Gasteiger partial charge on any atom is 0.417 e. The van der Waals surface area contributed by atoms with Crippen LogP contribution in [0.2, 0.25) is 5.02 Å². The summed E-state index contributed by atoms with van der Waals surface area (Å²) in [6, 6.07) is 31.5. The number of carboxylic acids is 1. The molecule has 0 spiro atoms. The van der Waals surface area contributed by atoms with Gasteiger partial charge in [-0.25, -0.2) is 0 Å². The number of fused-ring (bicyclic) bond motifs is 1. The SMILES string of the molecule is O=C(O)Cc1ccc2cc(CCN(Cc3ccc(C(F)(F)F)c(Cl)c3)CC(c3ccccc3)c3ccccc3)oc2c1. The summed E-state index contributed by atoms with van der Waals surface area (Å²) in [5.41, 5.74) is 3.37. The van der Waals surface area contributed by atoms with Gasteiger partial charge in [-0.2, -0.15) is 13.2 Å². The maximum absolute atomic E-state index is 13.3. The lowest BCUT2D eigenvalue weighted by Gasteiger charge is -2.28. The van der Waals surface area contributed by atoms with Crippen molar-refractivity contribution in [3.8, 4) is 0 Å². The van der Waals surface area contributed by atoms with Gasteiger partial charge in [0.05, 0.1) is 17.0 Å². The minimum atomic E-state index is -4.52. The Balaban J connectivity index is 1.42. The molecule has 0 unspecified atom stereocenters. The summed E-state index contributed by atoms with van der Waals surface area (Å²) < 4.78 is 46.1. The van der Waals surface area contributed by atoms with E-state index in [-0.39, 0.29) is 17.4 Å². The fraction of sp³-hybridized carbons (Fsp3) is 0.206. The molecule has 0 atom stereocenters. The standard InChI is InChI=1S/C34H29ClF3NO3/c35-31-17-24(12-14-30(31)34(36,37)38)21-39(22-29(25-7-3-1-4-8-25)26-9-5-2-6-10-26)16-15-28-20-27-13-11-23(19-33(40)41)18-32(27)42-28/h1-14,17-18,20,29H,15-16,19,21-22H2,(H,40,41). The molecule has 1 aromatic heterocycles. The Morgan fingerprint density at radius 2 is 1.50 bits per heavy atom. The smallest absolute Gasteiger partial charge is 0.417 e. The second-order valence-electron chi connectivity index (χ2n) is 10.3. The van der Waals surface area contributed by atoms with Crippen molar-refractivity contribution in [1.82, 2.24) is 4.90 Å². The van der Waals surface area contributed by atoms with Crippen LogP contribution < -0.4 is 0 Å². The average molecular weight is 592 g/mol. The molecule has 0 saturated heterocycles. The molecule has 0 saturated carbocycles. The van der Waals surface area contributed by atoms with E-state index in [9.17, 15) is 18.0 Å². The minimum absolute atomic E-state index is 0.0200. The van der Waals surface area contributed by atoms with Crippen LogP contribution >= 0.6 is 11.6 Å². The Morgan fingerprint density at radius 3 is 2.10 bits per heavy atom. The van der Waals surface area contributed by atoms with Gasteiger partial charge in [-0.3, -0.25) is 9.69 Å². The molecule has 8 heteroatoms. The van der Waals surface area contributed by atoms with Gasteiger partial charge in [0.15, 0.2) is 0 Å². The number of carboxylic acid groups (broad SMARTS) is 1. The van der Waals surface area contributed by atoms with Crippen molar-refractivity contribution in [2.24, 2.45) is 0 Å². The first kappa shape index (κ1) is 29.4. The first-order valence-corrected chi connectivity index (χ1v) is 13.9. The highest BCUT2D eigenvalue weighted by Crippen LogP contribution is 2.35. The lowest BCUT2D eigenvalue weighted by atomic mass is 9.90. The van der Waals surface area contributed by atoms with Gasteiger partial charge in [-0.05, 0) is 46.5 Å². The number of carbonyl (C=O) groups is 1. The van der Waals surface area contributed by atoms with Gasteiger partial charge in [0.25, 0.3) is 0 Å². The zero-order chi connectivity index (χ0) is 29.7. The van der Waals surface area contributed by atoms with Gasteiger partial charge < -0.3 is 9.52 Å². The highest BCUT2D eigenvalue weighted by Gasteiger charge is 2.33. The number of hydrogen-bond donors (Lipinski definition) is 1. The number of aliphatic carboxylic acids is 1. The molecule has 42 heavy (non-hydrogen) atoms. The fourth-order valence-electron chi connectivity index (χ4n) is 5.22. The Morgan fingerprint density at radius 1 is 0.857 bits per heavy atom. The van der Waals surface area contributed by atoms with E-state index in [0.29, 0.717) is 42.8 Å². The minimum Gasteiger partial charge on any atom is -0.481 e. The molecular formula is C34H29ClF3NO3. The number of benzene rings is 4. The molecule has 216 valence electrons. The molecule has 0 aliphatic carbocycles. The highest BCUT2D eigenvalue weighted by atomic mass is 35.5. The summed E-state index contributed by atoms with van der Waals surface area (Å²) in [4.78, 5) is 13.3. The van der Waals surface area contributed by atoms with Crippen LogP contribution in [-0.4, -0.2) is 29.1 Å². The Labute approximate surface area is 247 Å². The molecule has 0 aliphatic rings. The van der Waals surface area contributed by atoms with E-state index in [4.69, 9.17) is 21.1 Å². The van der Waals surface area contributed by atoms with E-state index in [1.807, 2.05) is 48.5 Å². The van der Waals surface area contributed by atoms with Crippen LogP contribution in [-0.2, 0) is 30.4 Å². The van der Waals surface area contributed by atoms with Crippen LogP contribution in [0.3, 0.4) is 0 Å². The molecule has 0 amide bonds. The molecule has 4 aromatic carbocycles. The monoisotopic (exact) mass is 591 g/mol. The summed E-state index contributed by atoms with van der Waals surface area (Å²) in [5, 5.41) is 9.68. The van der Waals surface area contributed by atoms with Crippen molar-refractivity contribution in [2.45, 2.75) is 31.5 Å². The summed E-state index contributed by atoms with van der Waals surface area (Å²) >= 11 is 6.07. The Kier molecular flexibility index (Phi) is 9.00. The van der Waals surface area contributed by atoms with Crippen molar-refractivity contribution in [1.29, 1.82) is 0 Å². The topological polar surface area (TPSA) is 53.7 Å². The summed E-state index contributed by atoms with van der Waals surface area (Å²) in [6.07, 6.45) is -4.06. The third-order valence-corrected chi connectivity index (χ3v) is 7.57. The molecule has 0 aliphatic heterocycles. The summed E-state index contributed by atoms with van der Waals surface area (Å²) in [7, 11) is 0. The molecular weight excluding hydrogens is 563 g/mol. The second-order valence-corrected chi connectivity index (χ2v) is 10.7. The van der Waals surface area contributed by atoms with Crippen LogP contribution in [0, 0.1) is 0 Å². The number of nitrogens with zero attached hydrogens (tertiary/aromatic N) is 1. The van der Waals surface area contributed by atoms with Crippen LogP contribution in [0.25, 0.3) is 11.0 Å². The Hall–Kier alpha value is -4.07. The molecule has 0 fully saturated rings. The van der Waals surface area contributed by atoms with Gasteiger partial charge in [0, 0.05) is 37.4 Å². The quantitative estimate of drug-likeness (QED) is 0.167. The van der Waals surface area contributed by atoms with Crippen molar-refractivity contribution in [3.05, 3.63) is 142 Å². The molecule has 5 rings (SSSR count). The molecule has 1 N–H and O–H groups in total. The maximum atomic E-state index is 13.3. The normalized spacial score (nSPS) is 12.0. The first-order valence-electron chi connectivity index (χ1n) is 13.6. The second kappa shape index (κ2) is 12.8. The van der Waals surface area contributed by atoms with E-state index in [1.165, 1.54) is 12.1 Å².